The van der Waals surface area contributed by atoms with E-state index in [1.807, 2.05) is 48.7 Å². The van der Waals surface area contributed by atoms with Crippen molar-refractivity contribution in [1.29, 1.82) is 0 Å². The number of benzene rings is 2. The number of likely N-dealkylation sites (tertiary alicyclic amines) is 1. The number of thiocarbonyl (C=S) groups is 1. The maximum Gasteiger partial charge on any atom is 0.182 e. The first-order valence-corrected chi connectivity index (χ1v) is 11.1. The first-order chi connectivity index (χ1) is 13.7. The van der Waals surface area contributed by atoms with Crippen LogP contribution >= 0.6 is 24.0 Å². The van der Waals surface area contributed by atoms with E-state index in [0.717, 1.165) is 45.9 Å². The molecule has 0 unspecified atom stereocenters. The van der Waals surface area contributed by atoms with Crippen LogP contribution in [0.2, 0.25) is 0 Å². The first kappa shape index (κ1) is 19.2. The van der Waals surface area contributed by atoms with Crippen molar-refractivity contribution >= 4 is 45.0 Å². The standard InChI is InChI=1S/C23H24N2OS2/c1-2-16-11-8-12-18-19(15-24-20(16)18)21(26)22(17-9-4-3-5-10-17)28-23(27)25-13-6-7-14-25/h3-5,8-12,15,22,24H,2,6-7,13-14H2,1H3/t22-/m1/s1. The minimum absolute atomic E-state index is 0.109. The molecule has 1 saturated heterocycles. The number of carbonyl (C=O) groups excluding carboxylic acids is 1. The molecule has 5 heteroatoms. The maximum absolute atomic E-state index is 13.7. The smallest absolute Gasteiger partial charge is 0.182 e. The van der Waals surface area contributed by atoms with Crippen molar-refractivity contribution in [2.75, 3.05) is 13.1 Å². The van der Waals surface area contributed by atoms with E-state index >= 15 is 0 Å². The van der Waals surface area contributed by atoms with Gasteiger partial charge in [-0.05, 0) is 30.4 Å². The summed E-state index contributed by atoms with van der Waals surface area (Å²) in [6.07, 6.45) is 5.14. The number of thioether (sulfide) groups is 1. The molecule has 2 heterocycles. The molecule has 1 N–H and O–H groups in total. The van der Waals surface area contributed by atoms with Crippen molar-refractivity contribution in [3.63, 3.8) is 0 Å². The Labute approximate surface area is 175 Å². The summed E-state index contributed by atoms with van der Waals surface area (Å²) in [5.74, 6) is 0.109. The predicted octanol–water partition coefficient (Wildman–Crippen LogP) is 5.77. The fourth-order valence-electron chi connectivity index (χ4n) is 3.83. The summed E-state index contributed by atoms with van der Waals surface area (Å²) in [5, 5.41) is 0.663. The van der Waals surface area contributed by atoms with Crippen LogP contribution in [0.3, 0.4) is 0 Å². The summed E-state index contributed by atoms with van der Waals surface area (Å²) in [6, 6.07) is 16.2. The van der Waals surface area contributed by atoms with Crippen LogP contribution in [0.1, 0.15) is 46.5 Å². The van der Waals surface area contributed by atoms with Gasteiger partial charge in [0.25, 0.3) is 0 Å². The minimum atomic E-state index is -0.335. The number of H-pyrrole nitrogens is 1. The van der Waals surface area contributed by atoms with Crippen molar-refractivity contribution in [3.05, 3.63) is 71.4 Å². The molecule has 144 valence electrons. The van der Waals surface area contributed by atoms with Gasteiger partial charge in [0, 0.05) is 35.8 Å². The maximum atomic E-state index is 13.7. The van der Waals surface area contributed by atoms with E-state index in [2.05, 4.69) is 22.9 Å². The highest BCUT2D eigenvalue weighted by atomic mass is 32.2. The van der Waals surface area contributed by atoms with Gasteiger partial charge in [-0.3, -0.25) is 4.79 Å². The number of hydrogen-bond donors (Lipinski definition) is 1. The zero-order chi connectivity index (χ0) is 19.5. The highest BCUT2D eigenvalue weighted by Gasteiger charge is 2.28. The third-order valence-corrected chi connectivity index (χ3v) is 7.10. The molecule has 0 amide bonds. The van der Waals surface area contributed by atoms with Crippen molar-refractivity contribution in [2.24, 2.45) is 0 Å². The normalized spacial score (nSPS) is 15.1. The van der Waals surface area contributed by atoms with Crippen LogP contribution < -0.4 is 0 Å². The third kappa shape index (κ3) is 3.74. The molecule has 4 rings (SSSR count). The highest BCUT2D eigenvalue weighted by Crippen LogP contribution is 2.37. The Hall–Kier alpha value is -2.11. The molecule has 1 atom stereocenters. The summed E-state index contributed by atoms with van der Waals surface area (Å²) < 4.78 is 0.828. The van der Waals surface area contributed by atoms with E-state index in [1.54, 1.807) is 0 Å². The topological polar surface area (TPSA) is 36.1 Å². The minimum Gasteiger partial charge on any atom is -0.360 e. The van der Waals surface area contributed by atoms with Gasteiger partial charge in [0.05, 0.1) is 5.25 Å². The van der Waals surface area contributed by atoms with Crippen LogP contribution in [0.5, 0.6) is 0 Å². The van der Waals surface area contributed by atoms with Gasteiger partial charge in [0.1, 0.15) is 4.32 Å². The number of nitrogens with one attached hydrogen (secondary N) is 1. The number of Topliss-reactive ketones (excluding diaryl/α,β-unsaturated/α-hetero) is 1. The van der Waals surface area contributed by atoms with Crippen molar-refractivity contribution < 1.29 is 4.79 Å². The monoisotopic (exact) mass is 408 g/mol. The lowest BCUT2D eigenvalue weighted by atomic mass is 10.0. The average molecular weight is 409 g/mol. The Kier molecular flexibility index (Phi) is 5.83. The van der Waals surface area contributed by atoms with E-state index in [4.69, 9.17) is 12.2 Å². The van der Waals surface area contributed by atoms with E-state index < -0.39 is 0 Å². The molecule has 1 fully saturated rings. The summed E-state index contributed by atoms with van der Waals surface area (Å²) in [4.78, 5) is 19.2. The van der Waals surface area contributed by atoms with Gasteiger partial charge >= 0.3 is 0 Å². The number of carbonyl (C=O) groups is 1. The van der Waals surface area contributed by atoms with Crippen LogP contribution in [0.25, 0.3) is 10.9 Å². The number of aryl methyl sites for hydroxylation is 1. The highest BCUT2D eigenvalue weighted by molar-refractivity contribution is 8.23. The average Bonchev–Trinajstić information content (AvgIpc) is 3.42. The molecule has 3 aromatic rings. The van der Waals surface area contributed by atoms with Crippen molar-refractivity contribution in [3.8, 4) is 0 Å². The molecule has 0 aliphatic carbocycles. The second-order valence-electron chi connectivity index (χ2n) is 7.13. The largest absolute Gasteiger partial charge is 0.360 e. The summed E-state index contributed by atoms with van der Waals surface area (Å²) >= 11 is 7.22. The molecule has 1 aromatic heterocycles. The molecule has 1 aliphatic rings. The predicted molar refractivity (Wildman–Crippen MR) is 122 cm³/mol. The Morgan fingerprint density at radius 3 is 2.61 bits per heavy atom. The lowest BCUT2D eigenvalue weighted by molar-refractivity contribution is 0.0991. The second kappa shape index (κ2) is 8.50. The molecule has 1 aliphatic heterocycles. The number of aromatic nitrogens is 1. The fraction of sp³-hybridized carbons (Fsp3) is 0.304. The number of hydrogen-bond acceptors (Lipinski definition) is 3. The lowest BCUT2D eigenvalue weighted by Crippen LogP contribution is -2.25. The zero-order valence-corrected chi connectivity index (χ0v) is 17.6. The Balaban J connectivity index is 1.70. The second-order valence-corrected chi connectivity index (χ2v) is 8.87. The first-order valence-electron chi connectivity index (χ1n) is 9.82. The van der Waals surface area contributed by atoms with Gasteiger partial charge in [-0.2, -0.15) is 0 Å². The number of nitrogens with zero attached hydrogens (tertiary/aromatic N) is 1. The molecular formula is C23H24N2OS2. The van der Waals surface area contributed by atoms with Crippen molar-refractivity contribution in [1.82, 2.24) is 9.88 Å². The lowest BCUT2D eigenvalue weighted by Gasteiger charge is -2.22. The van der Waals surface area contributed by atoms with E-state index in [1.165, 1.54) is 30.2 Å². The zero-order valence-electron chi connectivity index (χ0n) is 16.0. The molecule has 2 aromatic carbocycles. The van der Waals surface area contributed by atoms with Crippen LogP contribution in [-0.4, -0.2) is 33.1 Å². The van der Waals surface area contributed by atoms with Crippen LogP contribution in [-0.2, 0) is 6.42 Å². The molecule has 28 heavy (non-hydrogen) atoms. The quantitative estimate of drug-likeness (QED) is 0.429. The summed E-state index contributed by atoms with van der Waals surface area (Å²) in [7, 11) is 0. The summed E-state index contributed by atoms with van der Waals surface area (Å²) in [6.45, 7) is 4.12. The molecule has 0 bridgehead atoms. The fourth-order valence-corrected chi connectivity index (χ4v) is 5.36. The van der Waals surface area contributed by atoms with Gasteiger partial charge in [-0.25, -0.2) is 0 Å². The number of fused-ring (bicyclic) bond motifs is 1. The Morgan fingerprint density at radius 1 is 1.14 bits per heavy atom. The van der Waals surface area contributed by atoms with E-state index in [0.29, 0.717) is 0 Å². The van der Waals surface area contributed by atoms with Crippen LogP contribution in [0.15, 0.2) is 54.7 Å². The third-order valence-electron chi connectivity index (χ3n) is 5.37. The molecule has 0 saturated carbocycles. The SMILES string of the molecule is CCc1cccc2c(C(=O)[C@H](SC(=S)N3CCCC3)c3ccccc3)c[nH]c12. The molecule has 0 radical (unpaired) electrons. The van der Waals surface area contributed by atoms with Gasteiger partial charge in [0.2, 0.25) is 0 Å². The van der Waals surface area contributed by atoms with Crippen LogP contribution in [0, 0.1) is 0 Å². The van der Waals surface area contributed by atoms with Crippen LogP contribution in [0.4, 0.5) is 0 Å². The molecule has 3 nitrogen and oxygen atoms in total. The van der Waals surface area contributed by atoms with Gasteiger partial charge in [0.15, 0.2) is 5.78 Å². The Bertz CT molecular complexity index is 990. The molecular weight excluding hydrogens is 384 g/mol. The number of ketones is 1. The van der Waals surface area contributed by atoms with E-state index in [9.17, 15) is 4.79 Å². The van der Waals surface area contributed by atoms with E-state index in [-0.39, 0.29) is 11.0 Å². The van der Waals surface area contributed by atoms with Gasteiger partial charge in [-0.1, -0.05) is 79.4 Å². The number of para-hydroxylation sites is 1. The van der Waals surface area contributed by atoms with Gasteiger partial charge in [-0.15, -0.1) is 0 Å². The number of rotatable bonds is 5. The number of aromatic amines is 1. The van der Waals surface area contributed by atoms with Gasteiger partial charge < -0.3 is 9.88 Å². The Morgan fingerprint density at radius 2 is 1.89 bits per heavy atom. The molecule has 0 spiro atoms. The summed E-state index contributed by atoms with van der Waals surface area (Å²) in [5.41, 5.74) is 4.04. The van der Waals surface area contributed by atoms with Crippen molar-refractivity contribution in [2.45, 2.75) is 31.4 Å².